The van der Waals surface area contributed by atoms with Gasteiger partial charge in [-0.05, 0) is 36.4 Å². The quantitative estimate of drug-likeness (QED) is 0.619. The van der Waals surface area contributed by atoms with Gasteiger partial charge in [0, 0.05) is 24.0 Å². The van der Waals surface area contributed by atoms with Gasteiger partial charge < -0.3 is 10.2 Å². The van der Waals surface area contributed by atoms with Crippen LogP contribution in [0.2, 0.25) is 0 Å². The van der Waals surface area contributed by atoms with Gasteiger partial charge in [-0.1, -0.05) is 17.2 Å². The van der Waals surface area contributed by atoms with Crippen LogP contribution in [0.5, 0.6) is 0 Å². The first-order valence-corrected chi connectivity index (χ1v) is 8.24. The van der Waals surface area contributed by atoms with Gasteiger partial charge in [0.1, 0.15) is 0 Å². The van der Waals surface area contributed by atoms with Crippen molar-refractivity contribution in [1.29, 1.82) is 0 Å². The van der Waals surface area contributed by atoms with Gasteiger partial charge >= 0.3 is 5.69 Å². The number of carbonyl (C=O) groups is 1. The van der Waals surface area contributed by atoms with Gasteiger partial charge in [0.25, 0.3) is 5.91 Å². The van der Waals surface area contributed by atoms with Crippen molar-refractivity contribution in [1.82, 2.24) is 35.4 Å². The summed E-state index contributed by atoms with van der Waals surface area (Å²) in [5.41, 5.74) is 2.20. The topological polar surface area (TPSA) is 137 Å². The number of aromatic nitrogens is 7. The van der Waals surface area contributed by atoms with Crippen LogP contribution >= 0.6 is 0 Å². The predicted octanol–water partition coefficient (Wildman–Crippen LogP) is 0.675. The molecule has 11 nitrogen and oxygen atoms in total. The Morgan fingerprint density at radius 3 is 2.89 bits per heavy atom. The molecule has 1 aliphatic rings. The molecule has 1 aromatic carbocycles. The van der Waals surface area contributed by atoms with Crippen molar-refractivity contribution >= 4 is 17.5 Å². The highest BCUT2D eigenvalue weighted by molar-refractivity contribution is 6.05. The number of H-pyrrole nitrogens is 2. The van der Waals surface area contributed by atoms with Crippen LogP contribution in [0.3, 0.4) is 0 Å². The maximum absolute atomic E-state index is 13.0. The molecule has 0 radical (unpaired) electrons. The zero-order chi connectivity index (χ0) is 19.1. The van der Waals surface area contributed by atoms with Crippen LogP contribution in [0.15, 0.2) is 40.3 Å². The van der Waals surface area contributed by atoms with E-state index < -0.39 is 5.69 Å². The number of benzene rings is 1. The Kier molecular flexibility index (Phi) is 3.83. The highest BCUT2D eigenvalue weighted by Gasteiger charge is 2.32. The number of rotatable bonds is 3. The molecule has 3 aromatic rings. The standard InChI is InChI=1S/C16H17N9O2/c1-8-12(9(2)25-16(24(8)3)21-22-23-25)14(26)17-11-6-4-5-10(7-11)13-18-15(27)20-19-13/h4-7,9H,1-3H3,(H,17,26)(H2,18,19,20,27). The van der Waals surface area contributed by atoms with E-state index in [1.807, 2.05) is 20.9 Å². The van der Waals surface area contributed by atoms with Crippen LogP contribution in [0.1, 0.15) is 19.9 Å². The summed E-state index contributed by atoms with van der Waals surface area (Å²) in [6, 6.07) is 6.75. The number of aromatic amines is 2. The first-order chi connectivity index (χ1) is 13.0. The fourth-order valence-electron chi connectivity index (χ4n) is 3.12. The molecule has 138 valence electrons. The second-order valence-electron chi connectivity index (χ2n) is 6.22. The second-order valence-corrected chi connectivity index (χ2v) is 6.22. The molecule has 1 atom stereocenters. The molecule has 0 bridgehead atoms. The van der Waals surface area contributed by atoms with Gasteiger partial charge in [0.05, 0.1) is 11.6 Å². The second kappa shape index (κ2) is 6.20. The number of carbonyl (C=O) groups excluding carboxylic acids is 1. The molecule has 3 heterocycles. The van der Waals surface area contributed by atoms with Gasteiger partial charge in [-0.15, -0.1) is 0 Å². The van der Waals surface area contributed by atoms with Crippen molar-refractivity contribution in [2.24, 2.45) is 0 Å². The molecule has 0 aliphatic carbocycles. The third-order valence-corrected chi connectivity index (χ3v) is 4.59. The molecule has 1 aliphatic heterocycles. The predicted molar refractivity (Wildman–Crippen MR) is 96.9 cm³/mol. The molecule has 0 fully saturated rings. The van der Waals surface area contributed by atoms with E-state index in [0.29, 0.717) is 28.6 Å². The average molecular weight is 367 g/mol. The van der Waals surface area contributed by atoms with Gasteiger partial charge in [-0.25, -0.2) is 14.6 Å². The summed E-state index contributed by atoms with van der Waals surface area (Å²) in [5, 5.41) is 20.8. The van der Waals surface area contributed by atoms with E-state index in [1.165, 1.54) is 0 Å². The molecule has 27 heavy (non-hydrogen) atoms. The van der Waals surface area contributed by atoms with Gasteiger partial charge in [0.2, 0.25) is 5.95 Å². The highest BCUT2D eigenvalue weighted by Crippen LogP contribution is 2.32. The number of hydrogen-bond acceptors (Lipinski definition) is 7. The monoisotopic (exact) mass is 367 g/mol. The lowest BCUT2D eigenvalue weighted by Crippen LogP contribution is -2.34. The molecule has 0 saturated heterocycles. The van der Waals surface area contributed by atoms with Crippen LogP contribution in [0.25, 0.3) is 11.4 Å². The number of tetrazole rings is 1. The van der Waals surface area contributed by atoms with Crippen LogP contribution < -0.4 is 15.9 Å². The largest absolute Gasteiger partial charge is 0.340 e. The zero-order valence-electron chi connectivity index (χ0n) is 14.9. The van der Waals surface area contributed by atoms with Crippen molar-refractivity contribution in [3.8, 4) is 11.4 Å². The summed E-state index contributed by atoms with van der Waals surface area (Å²) in [6.45, 7) is 3.73. The van der Waals surface area contributed by atoms with Crippen molar-refractivity contribution in [2.75, 3.05) is 17.3 Å². The summed E-state index contributed by atoms with van der Waals surface area (Å²) in [7, 11) is 1.81. The van der Waals surface area contributed by atoms with E-state index in [0.717, 1.165) is 5.70 Å². The van der Waals surface area contributed by atoms with Crippen LogP contribution in [0.4, 0.5) is 11.6 Å². The van der Waals surface area contributed by atoms with Crippen molar-refractivity contribution in [3.63, 3.8) is 0 Å². The lowest BCUT2D eigenvalue weighted by Gasteiger charge is -2.30. The molecular formula is C16H17N9O2. The fourth-order valence-corrected chi connectivity index (χ4v) is 3.12. The Labute approximate surface area is 153 Å². The van der Waals surface area contributed by atoms with Gasteiger partial charge in [0.15, 0.2) is 5.82 Å². The number of anilines is 2. The Balaban J connectivity index is 1.63. The Hall–Kier alpha value is -3.76. The minimum Gasteiger partial charge on any atom is -0.322 e. The average Bonchev–Trinajstić information content (AvgIpc) is 3.29. The summed E-state index contributed by atoms with van der Waals surface area (Å²) in [5.74, 6) is 0.734. The van der Waals surface area contributed by atoms with E-state index in [9.17, 15) is 9.59 Å². The zero-order valence-corrected chi connectivity index (χ0v) is 14.9. The first-order valence-electron chi connectivity index (χ1n) is 8.24. The smallest absolute Gasteiger partial charge is 0.322 e. The maximum Gasteiger partial charge on any atom is 0.340 e. The normalized spacial score (nSPS) is 16.4. The third kappa shape index (κ3) is 2.78. The molecular weight excluding hydrogens is 350 g/mol. The summed E-state index contributed by atoms with van der Waals surface area (Å²) < 4.78 is 1.60. The Morgan fingerprint density at radius 2 is 2.15 bits per heavy atom. The number of hydrogen-bond donors (Lipinski definition) is 3. The van der Waals surface area contributed by atoms with Gasteiger partial charge in [-0.2, -0.15) is 5.10 Å². The van der Waals surface area contributed by atoms with E-state index in [1.54, 1.807) is 33.8 Å². The fraction of sp³-hybridized carbons (Fsp3) is 0.250. The highest BCUT2D eigenvalue weighted by atomic mass is 16.2. The minimum atomic E-state index is -0.392. The number of amides is 1. The number of nitrogens with one attached hydrogen (secondary N) is 3. The Morgan fingerprint density at radius 1 is 1.33 bits per heavy atom. The molecule has 3 N–H and O–H groups in total. The van der Waals surface area contributed by atoms with Crippen molar-refractivity contribution in [2.45, 2.75) is 19.9 Å². The minimum absolute atomic E-state index is 0.249. The third-order valence-electron chi connectivity index (χ3n) is 4.59. The lowest BCUT2D eigenvalue weighted by molar-refractivity contribution is -0.113. The Bertz CT molecular complexity index is 1110. The molecule has 0 spiro atoms. The number of nitrogens with zero attached hydrogens (tertiary/aromatic N) is 6. The van der Waals surface area contributed by atoms with E-state index in [-0.39, 0.29) is 11.9 Å². The summed E-state index contributed by atoms with van der Waals surface area (Å²) in [4.78, 5) is 28.6. The van der Waals surface area contributed by atoms with Crippen molar-refractivity contribution in [3.05, 3.63) is 46.0 Å². The molecule has 1 unspecified atom stereocenters. The molecule has 4 rings (SSSR count). The maximum atomic E-state index is 13.0. The molecule has 0 saturated carbocycles. The molecule has 11 heteroatoms. The summed E-state index contributed by atoms with van der Waals surface area (Å²) in [6.07, 6.45) is 0. The SMILES string of the molecule is CC1=C(C(=O)Nc2cccc(-c3n[nH]c(=O)[nH]3)c2)C(C)n2nnnc2N1C. The van der Waals surface area contributed by atoms with Crippen LogP contribution in [0, 0.1) is 0 Å². The van der Waals surface area contributed by atoms with Crippen LogP contribution in [-0.2, 0) is 4.79 Å². The first kappa shape index (κ1) is 16.7. The number of allylic oxidation sites excluding steroid dienone is 1. The van der Waals surface area contributed by atoms with E-state index >= 15 is 0 Å². The summed E-state index contributed by atoms with van der Waals surface area (Å²) >= 11 is 0. The van der Waals surface area contributed by atoms with E-state index in [2.05, 4.69) is 36.0 Å². The number of fused-ring (bicyclic) bond motifs is 1. The van der Waals surface area contributed by atoms with Crippen LogP contribution in [-0.4, -0.2) is 48.3 Å². The van der Waals surface area contributed by atoms with Crippen molar-refractivity contribution < 1.29 is 4.79 Å². The lowest BCUT2D eigenvalue weighted by atomic mass is 10.0. The van der Waals surface area contributed by atoms with Gasteiger partial charge in [-0.3, -0.25) is 9.78 Å². The molecule has 2 aromatic heterocycles. The van der Waals surface area contributed by atoms with E-state index in [4.69, 9.17) is 0 Å². The molecule has 1 amide bonds.